The molecule has 0 atom stereocenters. The van der Waals surface area contributed by atoms with Crippen LogP contribution in [-0.2, 0) is 24.9 Å². The predicted octanol–water partition coefficient (Wildman–Crippen LogP) is 5.56. The molecule has 2 aromatic carbocycles. The maximum atomic E-state index is 10.0. The van der Waals surface area contributed by atoms with Crippen molar-refractivity contribution in [3.8, 4) is 5.82 Å². The third-order valence-corrected chi connectivity index (χ3v) is 4.57. The number of benzene rings is 2. The van der Waals surface area contributed by atoms with Crippen LogP contribution in [0.15, 0.2) is 84.8 Å². The third kappa shape index (κ3) is 4.71. The Morgan fingerprint density at radius 2 is 1.77 bits per heavy atom. The number of allylic oxidation sites excluding steroid dienone is 2. The van der Waals surface area contributed by atoms with Gasteiger partial charge >= 0.3 is 0 Å². The number of hydrogen-bond donors (Lipinski definition) is 1. The number of hydrogen-bond acceptors (Lipinski definition) is 4. The second-order valence-corrected chi connectivity index (χ2v) is 6.90. The minimum Gasteiger partial charge on any atom is -0.512 e. The van der Waals surface area contributed by atoms with Crippen LogP contribution in [0.5, 0.6) is 0 Å². The van der Waals surface area contributed by atoms with E-state index in [1.807, 2.05) is 48.7 Å². The molecule has 1 N–H and O–H groups in total. The molecule has 5 aromatic rings. The first-order chi connectivity index (χ1) is 14.5. The molecule has 0 aliphatic heterocycles. The maximum Gasteiger partial charge on any atom is 0.155 e. The normalized spacial score (nSPS) is 11.1. The number of aromatic nitrogens is 3. The Labute approximate surface area is 193 Å². The molecule has 31 heavy (non-hydrogen) atoms. The molecule has 157 valence electrons. The smallest absolute Gasteiger partial charge is 0.155 e. The molecule has 0 saturated heterocycles. The van der Waals surface area contributed by atoms with E-state index in [4.69, 9.17) is 10.1 Å². The van der Waals surface area contributed by atoms with Crippen molar-refractivity contribution in [2.75, 3.05) is 0 Å². The van der Waals surface area contributed by atoms with Crippen molar-refractivity contribution in [3.63, 3.8) is 0 Å². The summed E-state index contributed by atoms with van der Waals surface area (Å²) in [5, 5.41) is 11.8. The zero-order chi connectivity index (χ0) is 21.1. The Balaban J connectivity index is 0.000000299. The number of aliphatic hydroxyl groups excluding tert-OH is 1. The SMILES string of the molecule is CC(=O)/C=C(/C)O.[Ir].[c-]1cccc2c3cccnc3n(-c3ccc4ccccc4n3)c12. The largest absolute Gasteiger partial charge is 0.512 e. The number of rotatable bonds is 2. The summed E-state index contributed by atoms with van der Waals surface area (Å²) in [6.45, 7) is 2.85. The van der Waals surface area contributed by atoms with Crippen molar-refractivity contribution in [1.29, 1.82) is 0 Å². The van der Waals surface area contributed by atoms with E-state index < -0.39 is 0 Å². The predicted molar refractivity (Wildman–Crippen MR) is 120 cm³/mol. The molecule has 0 aliphatic carbocycles. The van der Waals surface area contributed by atoms with Gasteiger partial charge in [0.2, 0.25) is 0 Å². The number of ketones is 1. The summed E-state index contributed by atoms with van der Waals surface area (Å²) in [4.78, 5) is 19.4. The van der Waals surface area contributed by atoms with E-state index >= 15 is 0 Å². The second kappa shape index (κ2) is 9.65. The number of pyridine rings is 2. The van der Waals surface area contributed by atoms with E-state index in [9.17, 15) is 4.79 Å². The minimum absolute atomic E-state index is 0. The average molecular weight is 587 g/mol. The van der Waals surface area contributed by atoms with Gasteiger partial charge in [-0.3, -0.25) is 4.79 Å². The molecule has 0 bridgehead atoms. The monoisotopic (exact) mass is 587 g/mol. The van der Waals surface area contributed by atoms with Crippen molar-refractivity contribution < 1.29 is 30.0 Å². The first-order valence-electron chi connectivity index (χ1n) is 9.54. The van der Waals surface area contributed by atoms with E-state index in [1.54, 1.807) is 0 Å². The standard InChI is InChI=1S/C20H12N3.C5H8O2.Ir/c1-3-9-17-14(6-1)11-12-19(22-17)23-18-10-4-2-7-15(18)16-8-5-13-21-20(16)23;1-4(6)3-5(2)7;/h1-9,11-13H;3,6H,1-2H3;/q-1;;/b;4-3-;. The van der Waals surface area contributed by atoms with Crippen molar-refractivity contribution >= 4 is 38.6 Å². The molecular formula is C25H20IrN3O2-. The van der Waals surface area contributed by atoms with E-state index in [-0.39, 0.29) is 31.6 Å². The Morgan fingerprint density at radius 1 is 1.00 bits per heavy atom. The van der Waals surface area contributed by atoms with Gasteiger partial charge in [0, 0.05) is 37.8 Å². The molecular weight excluding hydrogens is 567 g/mol. The Hall–Kier alpha value is -3.34. The van der Waals surface area contributed by atoms with Crippen molar-refractivity contribution in [3.05, 3.63) is 90.8 Å². The summed E-state index contributed by atoms with van der Waals surface area (Å²) in [6, 6.07) is 25.7. The molecule has 0 aliphatic rings. The fourth-order valence-electron chi connectivity index (χ4n) is 3.42. The second-order valence-electron chi connectivity index (χ2n) is 6.90. The van der Waals surface area contributed by atoms with Gasteiger partial charge in [-0.25, -0.2) is 9.97 Å². The summed E-state index contributed by atoms with van der Waals surface area (Å²) in [5.41, 5.74) is 2.89. The molecule has 5 nitrogen and oxygen atoms in total. The van der Waals surface area contributed by atoms with Gasteiger partial charge in [-0.05, 0) is 43.5 Å². The van der Waals surface area contributed by atoms with Crippen LogP contribution >= 0.6 is 0 Å². The average Bonchev–Trinajstić information content (AvgIpc) is 3.07. The molecule has 0 fully saturated rings. The van der Waals surface area contributed by atoms with E-state index in [1.165, 1.54) is 19.9 Å². The zero-order valence-corrected chi connectivity index (χ0v) is 19.4. The minimum atomic E-state index is -0.125. The van der Waals surface area contributed by atoms with Crippen molar-refractivity contribution in [2.24, 2.45) is 0 Å². The molecule has 3 heterocycles. The van der Waals surface area contributed by atoms with Crippen LogP contribution in [0.1, 0.15) is 13.8 Å². The number of para-hydroxylation sites is 2. The number of aliphatic hydroxyl groups is 1. The van der Waals surface area contributed by atoms with Crippen LogP contribution in [0.4, 0.5) is 0 Å². The Bertz CT molecular complexity index is 1350. The van der Waals surface area contributed by atoms with Gasteiger partial charge in [0.15, 0.2) is 5.78 Å². The Morgan fingerprint density at radius 3 is 2.52 bits per heavy atom. The molecule has 1 radical (unpaired) electrons. The van der Waals surface area contributed by atoms with Gasteiger partial charge in [-0.2, -0.15) is 24.3 Å². The topological polar surface area (TPSA) is 68.0 Å². The number of carbonyl (C=O) groups excluding carboxylic acids is 1. The molecule has 0 saturated carbocycles. The molecule has 3 aromatic heterocycles. The number of nitrogens with zero attached hydrogens (tertiary/aromatic N) is 3. The quantitative estimate of drug-likeness (QED) is 0.167. The van der Waals surface area contributed by atoms with Crippen LogP contribution in [0.25, 0.3) is 38.7 Å². The van der Waals surface area contributed by atoms with Gasteiger partial charge < -0.3 is 9.67 Å². The van der Waals surface area contributed by atoms with Crippen LogP contribution in [0, 0.1) is 6.07 Å². The molecule has 0 unspecified atom stereocenters. The summed E-state index contributed by atoms with van der Waals surface area (Å²) in [6.07, 6.45) is 2.98. The first-order valence-corrected chi connectivity index (χ1v) is 9.54. The molecule has 5 rings (SSSR count). The zero-order valence-electron chi connectivity index (χ0n) is 17.0. The summed E-state index contributed by atoms with van der Waals surface area (Å²) in [7, 11) is 0. The van der Waals surface area contributed by atoms with Gasteiger partial charge in [0.25, 0.3) is 0 Å². The van der Waals surface area contributed by atoms with E-state index in [0.29, 0.717) is 0 Å². The first kappa shape index (κ1) is 22.3. The molecule has 6 heteroatoms. The number of fused-ring (bicyclic) bond motifs is 4. The van der Waals surface area contributed by atoms with Gasteiger partial charge in [-0.1, -0.05) is 29.8 Å². The Kier molecular flexibility index (Phi) is 6.95. The molecule has 0 amide bonds. The van der Waals surface area contributed by atoms with Gasteiger partial charge in [0.05, 0.1) is 11.3 Å². The van der Waals surface area contributed by atoms with E-state index in [2.05, 4.69) is 39.9 Å². The van der Waals surface area contributed by atoms with Crippen LogP contribution < -0.4 is 0 Å². The summed E-state index contributed by atoms with van der Waals surface area (Å²) >= 11 is 0. The summed E-state index contributed by atoms with van der Waals surface area (Å²) < 4.78 is 2.08. The maximum absolute atomic E-state index is 10.0. The van der Waals surface area contributed by atoms with Gasteiger partial charge in [-0.15, -0.1) is 5.39 Å². The van der Waals surface area contributed by atoms with E-state index in [0.717, 1.165) is 38.7 Å². The number of carbonyl (C=O) groups is 1. The molecule has 0 spiro atoms. The van der Waals surface area contributed by atoms with Crippen LogP contribution in [-0.4, -0.2) is 25.4 Å². The van der Waals surface area contributed by atoms with Crippen LogP contribution in [0.3, 0.4) is 0 Å². The fraction of sp³-hybridized carbons (Fsp3) is 0.0800. The summed E-state index contributed by atoms with van der Waals surface area (Å²) in [5.74, 6) is 0.803. The van der Waals surface area contributed by atoms with Crippen molar-refractivity contribution in [1.82, 2.24) is 14.5 Å². The van der Waals surface area contributed by atoms with Gasteiger partial charge in [0.1, 0.15) is 11.5 Å². The van der Waals surface area contributed by atoms with Crippen LogP contribution in [0.2, 0.25) is 0 Å². The van der Waals surface area contributed by atoms with Crippen molar-refractivity contribution in [2.45, 2.75) is 13.8 Å². The fourth-order valence-corrected chi connectivity index (χ4v) is 3.42. The third-order valence-electron chi connectivity index (χ3n) is 4.57.